The highest BCUT2D eigenvalue weighted by molar-refractivity contribution is 5.75. The highest BCUT2D eigenvalue weighted by Gasteiger charge is 2.15. The third kappa shape index (κ3) is 4.73. The molecule has 20 heavy (non-hydrogen) atoms. The minimum atomic E-state index is -0.517. The average molecular weight is 283 g/mol. The van der Waals surface area contributed by atoms with Gasteiger partial charge in [0, 0.05) is 18.6 Å². The SMILES string of the molecule is COc1ccc([N+](=O)[O-])c(OCCCCC(=O)NN)c1. The van der Waals surface area contributed by atoms with Gasteiger partial charge in [-0.05, 0) is 18.9 Å². The van der Waals surface area contributed by atoms with Crippen LogP contribution in [0.1, 0.15) is 19.3 Å². The fourth-order valence-electron chi connectivity index (χ4n) is 1.53. The van der Waals surface area contributed by atoms with Crippen LogP contribution >= 0.6 is 0 Å². The topological polar surface area (TPSA) is 117 Å². The number of hydrazine groups is 1. The summed E-state index contributed by atoms with van der Waals surface area (Å²) in [7, 11) is 1.47. The second-order valence-corrected chi connectivity index (χ2v) is 3.96. The van der Waals surface area contributed by atoms with Crippen molar-refractivity contribution < 1.29 is 19.2 Å². The van der Waals surface area contributed by atoms with Gasteiger partial charge in [0.1, 0.15) is 5.75 Å². The lowest BCUT2D eigenvalue weighted by molar-refractivity contribution is -0.385. The number of nitrogens with two attached hydrogens (primary N) is 1. The summed E-state index contributed by atoms with van der Waals surface area (Å²) in [5.74, 6) is 5.32. The third-order valence-corrected chi connectivity index (χ3v) is 2.58. The lowest BCUT2D eigenvalue weighted by atomic mass is 10.2. The first-order valence-electron chi connectivity index (χ1n) is 6.03. The van der Waals surface area contributed by atoms with Gasteiger partial charge in [-0.1, -0.05) is 0 Å². The number of carbonyl (C=O) groups excluding carboxylic acids is 1. The van der Waals surface area contributed by atoms with Crippen molar-refractivity contribution in [2.24, 2.45) is 5.84 Å². The molecule has 110 valence electrons. The van der Waals surface area contributed by atoms with Crippen LogP contribution in [0.3, 0.4) is 0 Å². The van der Waals surface area contributed by atoms with Crippen LogP contribution in [-0.4, -0.2) is 24.5 Å². The lowest BCUT2D eigenvalue weighted by Crippen LogP contribution is -2.29. The van der Waals surface area contributed by atoms with E-state index in [2.05, 4.69) is 0 Å². The minimum absolute atomic E-state index is 0.120. The van der Waals surface area contributed by atoms with Gasteiger partial charge in [0.25, 0.3) is 0 Å². The number of nitrogens with zero attached hydrogens (tertiary/aromatic N) is 1. The number of hydrogen-bond acceptors (Lipinski definition) is 6. The zero-order chi connectivity index (χ0) is 15.0. The first kappa shape index (κ1) is 15.7. The smallest absolute Gasteiger partial charge is 0.311 e. The molecule has 0 fully saturated rings. The van der Waals surface area contributed by atoms with Crippen LogP contribution in [0.5, 0.6) is 11.5 Å². The molecule has 1 aromatic rings. The Morgan fingerprint density at radius 3 is 2.80 bits per heavy atom. The summed E-state index contributed by atoms with van der Waals surface area (Å²) in [5, 5.41) is 10.9. The predicted molar refractivity (Wildman–Crippen MR) is 71.3 cm³/mol. The summed E-state index contributed by atoms with van der Waals surface area (Å²) in [5.41, 5.74) is 1.91. The summed E-state index contributed by atoms with van der Waals surface area (Å²) >= 11 is 0. The molecule has 3 N–H and O–H groups in total. The number of nitro groups is 1. The minimum Gasteiger partial charge on any atom is -0.497 e. The van der Waals surface area contributed by atoms with Crippen molar-refractivity contribution in [1.82, 2.24) is 5.43 Å². The molecule has 0 radical (unpaired) electrons. The van der Waals surface area contributed by atoms with E-state index in [-0.39, 0.29) is 24.0 Å². The molecule has 1 rings (SSSR count). The maximum atomic E-state index is 10.9. The van der Waals surface area contributed by atoms with Crippen molar-refractivity contribution in [3.63, 3.8) is 0 Å². The molecular weight excluding hydrogens is 266 g/mol. The highest BCUT2D eigenvalue weighted by Crippen LogP contribution is 2.31. The number of nitrogens with one attached hydrogen (secondary N) is 1. The first-order chi connectivity index (χ1) is 9.58. The molecule has 0 saturated heterocycles. The van der Waals surface area contributed by atoms with Gasteiger partial charge in [-0.15, -0.1) is 0 Å². The van der Waals surface area contributed by atoms with Crippen molar-refractivity contribution in [2.75, 3.05) is 13.7 Å². The van der Waals surface area contributed by atoms with Crippen LogP contribution < -0.4 is 20.7 Å². The Hall–Kier alpha value is -2.35. The second kappa shape index (κ2) is 7.95. The van der Waals surface area contributed by atoms with Crippen LogP contribution in [0.4, 0.5) is 5.69 Å². The fourth-order valence-corrected chi connectivity index (χ4v) is 1.53. The zero-order valence-electron chi connectivity index (χ0n) is 11.1. The molecule has 0 aliphatic carbocycles. The van der Waals surface area contributed by atoms with E-state index in [0.29, 0.717) is 25.0 Å². The van der Waals surface area contributed by atoms with E-state index in [9.17, 15) is 14.9 Å². The number of hydrogen-bond donors (Lipinski definition) is 2. The summed E-state index contributed by atoms with van der Waals surface area (Å²) < 4.78 is 10.4. The van der Waals surface area contributed by atoms with Crippen molar-refractivity contribution >= 4 is 11.6 Å². The summed E-state index contributed by atoms with van der Waals surface area (Å²) in [6, 6.07) is 4.29. The molecule has 0 atom stereocenters. The van der Waals surface area contributed by atoms with Crippen LogP contribution in [-0.2, 0) is 4.79 Å². The monoisotopic (exact) mass is 283 g/mol. The van der Waals surface area contributed by atoms with E-state index >= 15 is 0 Å². The highest BCUT2D eigenvalue weighted by atomic mass is 16.6. The maximum absolute atomic E-state index is 10.9. The van der Waals surface area contributed by atoms with E-state index in [4.69, 9.17) is 15.3 Å². The average Bonchev–Trinajstić information content (AvgIpc) is 2.46. The number of rotatable bonds is 8. The fraction of sp³-hybridized carbons (Fsp3) is 0.417. The molecule has 8 heteroatoms. The summed E-state index contributed by atoms with van der Waals surface area (Å²) in [6.07, 6.45) is 1.46. The standard InChI is InChI=1S/C12H17N3O5/c1-19-9-5-6-10(15(17)18)11(8-9)20-7-3-2-4-12(16)14-13/h5-6,8H,2-4,7,13H2,1H3,(H,14,16). The van der Waals surface area contributed by atoms with E-state index in [0.717, 1.165) is 0 Å². The van der Waals surface area contributed by atoms with Crippen molar-refractivity contribution in [3.05, 3.63) is 28.3 Å². The maximum Gasteiger partial charge on any atom is 0.311 e. The molecule has 0 spiro atoms. The molecule has 1 aromatic carbocycles. The van der Waals surface area contributed by atoms with Gasteiger partial charge in [0.05, 0.1) is 18.6 Å². The molecule has 0 aliphatic heterocycles. The predicted octanol–water partition coefficient (Wildman–Crippen LogP) is 1.14. The Kier molecular flexibility index (Phi) is 6.24. The molecule has 0 aliphatic rings. The molecular formula is C12H17N3O5. The molecule has 1 amide bonds. The number of amides is 1. The number of nitro benzene ring substituents is 1. The lowest BCUT2D eigenvalue weighted by Gasteiger charge is -2.08. The second-order valence-electron chi connectivity index (χ2n) is 3.96. The van der Waals surface area contributed by atoms with Gasteiger partial charge in [-0.2, -0.15) is 0 Å². The van der Waals surface area contributed by atoms with E-state index < -0.39 is 4.92 Å². The number of benzene rings is 1. The molecule has 0 bridgehead atoms. The van der Waals surface area contributed by atoms with Gasteiger partial charge in [-0.3, -0.25) is 20.3 Å². The van der Waals surface area contributed by atoms with Crippen molar-refractivity contribution in [2.45, 2.75) is 19.3 Å². The van der Waals surface area contributed by atoms with Crippen LogP contribution in [0.2, 0.25) is 0 Å². The van der Waals surface area contributed by atoms with Crippen molar-refractivity contribution in [3.8, 4) is 11.5 Å². The Bertz CT molecular complexity index is 478. The Morgan fingerprint density at radius 1 is 1.45 bits per heavy atom. The Balaban J connectivity index is 2.53. The first-order valence-corrected chi connectivity index (χ1v) is 6.03. The molecule has 8 nitrogen and oxygen atoms in total. The number of ether oxygens (including phenoxy) is 2. The largest absolute Gasteiger partial charge is 0.497 e. The van der Waals surface area contributed by atoms with Gasteiger partial charge < -0.3 is 9.47 Å². The molecule has 0 saturated carbocycles. The van der Waals surface area contributed by atoms with E-state index in [1.165, 1.54) is 25.3 Å². The quantitative estimate of drug-likeness (QED) is 0.243. The molecule has 0 unspecified atom stereocenters. The van der Waals surface area contributed by atoms with Gasteiger partial charge >= 0.3 is 5.69 Å². The number of carbonyl (C=O) groups is 1. The van der Waals surface area contributed by atoms with Gasteiger partial charge in [0.2, 0.25) is 11.7 Å². The summed E-state index contributed by atoms with van der Waals surface area (Å²) in [6.45, 7) is 0.270. The van der Waals surface area contributed by atoms with Crippen LogP contribution in [0, 0.1) is 10.1 Å². The van der Waals surface area contributed by atoms with Crippen LogP contribution in [0.25, 0.3) is 0 Å². The number of unbranched alkanes of at least 4 members (excludes halogenated alkanes) is 1. The molecule has 0 heterocycles. The normalized spacial score (nSPS) is 9.90. The zero-order valence-corrected chi connectivity index (χ0v) is 11.1. The van der Waals surface area contributed by atoms with Crippen molar-refractivity contribution in [1.29, 1.82) is 0 Å². The third-order valence-electron chi connectivity index (χ3n) is 2.58. The number of methoxy groups -OCH3 is 1. The van der Waals surface area contributed by atoms with Crippen LogP contribution in [0.15, 0.2) is 18.2 Å². The van der Waals surface area contributed by atoms with E-state index in [1.54, 1.807) is 0 Å². The Labute approximate surface area is 116 Å². The Morgan fingerprint density at radius 2 is 2.20 bits per heavy atom. The van der Waals surface area contributed by atoms with Gasteiger partial charge in [0.15, 0.2) is 0 Å². The van der Waals surface area contributed by atoms with Gasteiger partial charge in [-0.25, -0.2) is 5.84 Å². The molecule has 0 aromatic heterocycles. The summed E-state index contributed by atoms with van der Waals surface area (Å²) in [4.78, 5) is 21.2. The van der Waals surface area contributed by atoms with E-state index in [1.807, 2.05) is 5.43 Å².